The van der Waals surface area contributed by atoms with Crippen LogP contribution in [-0.2, 0) is 6.54 Å². The molecule has 2 rings (SSSR count). The van der Waals surface area contributed by atoms with Crippen LogP contribution in [0.3, 0.4) is 0 Å². The van der Waals surface area contributed by atoms with E-state index in [9.17, 15) is 0 Å². The van der Waals surface area contributed by atoms with E-state index in [2.05, 4.69) is 15.6 Å². The summed E-state index contributed by atoms with van der Waals surface area (Å²) in [4.78, 5) is 0. The van der Waals surface area contributed by atoms with Crippen molar-refractivity contribution in [3.8, 4) is 0 Å². The minimum absolute atomic E-state index is 0.921. The maximum absolute atomic E-state index is 3.89. The third kappa shape index (κ3) is 3.14. The van der Waals surface area contributed by atoms with Gasteiger partial charge in [-0.25, -0.2) is 0 Å². The fourth-order valence-electron chi connectivity index (χ4n) is 1.38. The van der Waals surface area contributed by atoms with Crippen molar-refractivity contribution in [1.82, 2.24) is 20.3 Å². The minimum atomic E-state index is 0.921. The van der Waals surface area contributed by atoms with Crippen molar-refractivity contribution in [2.24, 2.45) is 5.92 Å². The summed E-state index contributed by atoms with van der Waals surface area (Å²) >= 11 is 0. The van der Waals surface area contributed by atoms with Gasteiger partial charge in [0.1, 0.15) is 0 Å². The lowest BCUT2D eigenvalue weighted by Gasteiger charge is -2.02. The Kier molecular flexibility index (Phi) is 2.92. The van der Waals surface area contributed by atoms with Gasteiger partial charge in [-0.15, -0.1) is 5.10 Å². The van der Waals surface area contributed by atoms with E-state index in [0.29, 0.717) is 0 Å². The molecule has 0 radical (unpaired) electrons. The van der Waals surface area contributed by atoms with Crippen molar-refractivity contribution < 1.29 is 0 Å². The zero-order valence-corrected chi connectivity index (χ0v) is 7.82. The number of nitrogens with zero attached hydrogens (tertiary/aromatic N) is 3. The van der Waals surface area contributed by atoms with Gasteiger partial charge in [-0.05, 0) is 18.9 Å². The Morgan fingerprint density at radius 2 is 2.31 bits per heavy atom. The molecule has 4 nitrogen and oxygen atoms in total. The smallest absolute Gasteiger partial charge is 0.0692 e. The van der Waals surface area contributed by atoms with Gasteiger partial charge in [0, 0.05) is 12.7 Å². The summed E-state index contributed by atoms with van der Waals surface area (Å²) in [6.45, 7) is 3.07. The first kappa shape index (κ1) is 8.69. The molecule has 0 atom stereocenters. The van der Waals surface area contributed by atoms with Gasteiger partial charge in [-0.3, -0.25) is 4.68 Å². The van der Waals surface area contributed by atoms with Gasteiger partial charge in [-0.2, -0.15) is 0 Å². The Morgan fingerprint density at radius 1 is 1.38 bits per heavy atom. The lowest BCUT2D eigenvalue weighted by molar-refractivity contribution is 0.526. The Bertz CT molecular complexity index is 228. The Labute approximate surface area is 78.3 Å². The molecule has 1 fully saturated rings. The molecule has 1 aliphatic carbocycles. The maximum atomic E-state index is 3.89. The predicted molar refractivity (Wildman–Crippen MR) is 50.2 cm³/mol. The van der Waals surface area contributed by atoms with Crippen molar-refractivity contribution in [3.05, 3.63) is 12.4 Å². The number of nitrogens with one attached hydrogen (secondary N) is 1. The van der Waals surface area contributed by atoms with Crippen LogP contribution < -0.4 is 5.32 Å². The lowest BCUT2D eigenvalue weighted by Crippen LogP contribution is -2.21. The van der Waals surface area contributed by atoms with Crippen LogP contribution in [0.4, 0.5) is 0 Å². The fourth-order valence-corrected chi connectivity index (χ4v) is 1.38. The first-order valence-electron chi connectivity index (χ1n) is 5.00. The minimum Gasteiger partial charge on any atom is -0.315 e. The van der Waals surface area contributed by atoms with E-state index in [1.54, 1.807) is 6.20 Å². The summed E-state index contributed by atoms with van der Waals surface area (Å²) in [5.74, 6) is 1.03. The molecule has 1 aromatic rings. The second kappa shape index (κ2) is 4.37. The van der Waals surface area contributed by atoms with E-state index in [4.69, 9.17) is 0 Å². The summed E-state index contributed by atoms with van der Waals surface area (Å²) in [5, 5.41) is 11.0. The van der Waals surface area contributed by atoms with E-state index in [0.717, 1.165) is 25.6 Å². The number of hydrogen-bond acceptors (Lipinski definition) is 3. The summed E-state index contributed by atoms with van der Waals surface area (Å²) in [7, 11) is 0. The van der Waals surface area contributed by atoms with Crippen LogP contribution in [0, 0.1) is 5.92 Å². The number of rotatable bonds is 6. The molecule has 0 amide bonds. The van der Waals surface area contributed by atoms with Crippen LogP contribution in [0.5, 0.6) is 0 Å². The SMILES string of the molecule is c1cn(CCNCCC2CC2)nn1. The lowest BCUT2D eigenvalue weighted by atomic mass is 10.3. The normalized spacial score (nSPS) is 16.3. The van der Waals surface area contributed by atoms with Crippen molar-refractivity contribution >= 4 is 0 Å². The topological polar surface area (TPSA) is 42.7 Å². The second-order valence-corrected chi connectivity index (χ2v) is 3.65. The molecule has 0 spiro atoms. The van der Waals surface area contributed by atoms with Gasteiger partial charge in [-0.1, -0.05) is 18.1 Å². The number of hydrogen-bond donors (Lipinski definition) is 1. The van der Waals surface area contributed by atoms with Crippen LogP contribution in [0.15, 0.2) is 12.4 Å². The molecular formula is C9H16N4. The summed E-state index contributed by atoms with van der Waals surface area (Å²) < 4.78 is 1.85. The molecular weight excluding hydrogens is 164 g/mol. The van der Waals surface area contributed by atoms with Crippen molar-refractivity contribution in [2.45, 2.75) is 25.8 Å². The molecule has 13 heavy (non-hydrogen) atoms. The van der Waals surface area contributed by atoms with Crippen LogP contribution >= 0.6 is 0 Å². The average Bonchev–Trinajstić information content (AvgIpc) is 2.81. The summed E-state index contributed by atoms with van der Waals surface area (Å²) in [6, 6.07) is 0. The summed E-state index contributed by atoms with van der Waals surface area (Å²) in [5.41, 5.74) is 0. The van der Waals surface area contributed by atoms with Gasteiger partial charge in [0.15, 0.2) is 0 Å². The van der Waals surface area contributed by atoms with Gasteiger partial charge < -0.3 is 5.32 Å². The number of aromatic nitrogens is 3. The highest BCUT2D eigenvalue weighted by molar-refractivity contribution is 4.73. The standard InChI is InChI=1S/C9H16N4/c1-2-9(1)3-4-10-5-7-13-8-6-11-12-13/h6,8-10H,1-5,7H2. The van der Waals surface area contributed by atoms with Crippen LogP contribution in [0.25, 0.3) is 0 Å². The van der Waals surface area contributed by atoms with Crippen LogP contribution in [0.2, 0.25) is 0 Å². The molecule has 72 valence electrons. The van der Waals surface area contributed by atoms with Crippen LogP contribution in [-0.4, -0.2) is 28.1 Å². The Hall–Kier alpha value is -0.900. The Morgan fingerprint density at radius 3 is 3.00 bits per heavy atom. The van der Waals surface area contributed by atoms with E-state index >= 15 is 0 Å². The molecule has 4 heteroatoms. The van der Waals surface area contributed by atoms with Gasteiger partial charge in [0.05, 0.1) is 12.7 Å². The molecule has 0 aliphatic heterocycles. The van der Waals surface area contributed by atoms with Crippen molar-refractivity contribution in [1.29, 1.82) is 0 Å². The third-order valence-corrected chi connectivity index (χ3v) is 2.42. The first-order chi connectivity index (χ1) is 6.45. The molecule has 0 bridgehead atoms. The quantitative estimate of drug-likeness (QED) is 0.654. The average molecular weight is 180 g/mol. The molecule has 1 heterocycles. The monoisotopic (exact) mass is 180 g/mol. The van der Waals surface area contributed by atoms with Gasteiger partial charge in [0.25, 0.3) is 0 Å². The van der Waals surface area contributed by atoms with Gasteiger partial charge in [0.2, 0.25) is 0 Å². The van der Waals surface area contributed by atoms with Crippen molar-refractivity contribution in [3.63, 3.8) is 0 Å². The van der Waals surface area contributed by atoms with Crippen molar-refractivity contribution in [2.75, 3.05) is 13.1 Å². The molecule has 0 saturated heterocycles. The molecule has 1 aromatic heterocycles. The fraction of sp³-hybridized carbons (Fsp3) is 0.778. The van der Waals surface area contributed by atoms with Gasteiger partial charge >= 0.3 is 0 Å². The maximum Gasteiger partial charge on any atom is 0.0692 e. The Balaban J connectivity index is 1.48. The molecule has 1 aliphatic rings. The molecule has 1 saturated carbocycles. The van der Waals surface area contributed by atoms with E-state index in [-0.39, 0.29) is 0 Å². The zero-order valence-electron chi connectivity index (χ0n) is 7.82. The van der Waals surface area contributed by atoms with E-state index in [1.165, 1.54) is 19.3 Å². The highest BCUT2D eigenvalue weighted by atomic mass is 15.4. The van der Waals surface area contributed by atoms with E-state index < -0.39 is 0 Å². The molecule has 1 N–H and O–H groups in total. The largest absolute Gasteiger partial charge is 0.315 e. The molecule has 0 unspecified atom stereocenters. The predicted octanol–water partition coefficient (Wildman–Crippen LogP) is 0.668. The zero-order chi connectivity index (χ0) is 8.93. The highest BCUT2D eigenvalue weighted by Crippen LogP contribution is 2.31. The van der Waals surface area contributed by atoms with E-state index in [1.807, 2.05) is 10.9 Å². The van der Waals surface area contributed by atoms with Crippen LogP contribution in [0.1, 0.15) is 19.3 Å². The summed E-state index contributed by atoms with van der Waals surface area (Å²) in [6.07, 6.45) is 7.85. The third-order valence-electron chi connectivity index (χ3n) is 2.42. The first-order valence-corrected chi connectivity index (χ1v) is 5.00. The highest BCUT2D eigenvalue weighted by Gasteiger charge is 2.19. The second-order valence-electron chi connectivity index (χ2n) is 3.65. The molecule has 0 aromatic carbocycles.